The molecule has 1 aliphatic rings. The molecule has 0 saturated carbocycles. The summed E-state index contributed by atoms with van der Waals surface area (Å²) >= 11 is 0. The first-order valence-electron chi connectivity index (χ1n) is 15.5. The van der Waals surface area contributed by atoms with Crippen molar-refractivity contribution in [3.8, 4) is 51.6 Å². The Bertz CT molecular complexity index is 2110. The average Bonchev–Trinajstić information content (AvgIpc) is 3.42. The molecule has 5 aromatic rings. The molecule has 6 rings (SSSR count). The fourth-order valence-corrected chi connectivity index (χ4v) is 6.73. The second kappa shape index (κ2) is 12.4. The molecular formula is C39H36O9. The van der Waals surface area contributed by atoms with E-state index in [9.17, 15) is 40.5 Å². The molecule has 246 valence electrons. The quantitative estimate of drug-likeness (QED) is 0.0677. The van der Waals surface area contributed by atoms with E-state index in [1.165, 1.54) is 48.5 Å². The first kappa shape index (κ1) is 32.1. The maximum atomic E-state index is 14.7. The number of benzene rings is 4. The number of aromatic hydroxyl groups is 7. The Kier molecular flexibility index (Phi) is 8.30. The number of carbonyl (C=O) groups is 1. The molecule has 0 spiro atoms. The van der Waals surface area contributed by atoms with Gasteiger partial charge in [-0.2, -0.15) is 0 Å². The van der Waals surface area contributed by atoms with Crippen molar-refractivity contribution in [1.29, 1.82) is 0 Å². The number of carbonyl (C=O) groups excluding carboxylic acids is 1. The van der Waals surface area contributed by atoms with Crippen molar-refractivity contribution in [3.63, 3.8) is 0 Å². The Morgan fingerprint density at radius 1 is 0.792 bits per heavy atom. The summed E-state index contributed by atoms with van der Waals surface area (Å²) in [7, 11) is 0. The zero-order valence-corrected chi connectivity index (χ0v) is 26.6. The molecule has 0 aliphatic heterocycles. The normalized spacial score (nSPS) is 17.6. The Morgan fingerprint density at radius 2 is 1.50 bits per heavy atom. The van der Waals surface area contributed by atoms with Crippen LogP contribution in [0.4, 0.5) is 0 Å². The van der Waals surface area contributed by atoms with E-state index in [1.54, 1.807) is 18.2 Å². The van der Waals surface area contributed by atoms with Gasteiger partial charge in [-0.3, -0.25) is 4.79 Å². The highest BCUT2D eigenvalue weighted by atomic mass is 16.3. The lowest BCUT2D eigenvalue weighted by Crippen LogP contribution is -2.31. The Labute approximate surface area is 276 Å². The maximum absolute atomic E-state index is 14.7. The van der Waals surface area contributed by atoms with Gasteiger partial charge in [0.2, 0.25) is 0 Å². The van der Waals surface area contributed by atoms with Gasteiger partial charge >= 0.3 is 0 Å². The smallest absolute Gasteiger partial charge is 0.171 e. The van der Waals surface area contributed by atoms with Crippen LogP contribution in [0.5, 0.6) is 40.2 Å². The fourth-order valence-electron chi connectivity index (χ4n) is 6.73. The Morgan fingerprint density at radius 3 is 2.19 bits per heavy atom. The summed E-state index contributed by atoms with van der Waals surface area (Å²) in [5.41, 5.74) is 3.63. The number of hydrogen-bond donors (Lipinski definition) is 7. The van der Waals surface area contributed by atoms with Crippen LogP contribution in [0.3, 0.4) is 0 Å². The van der Waals surface area contributed by atoms with Crippen molar-refractivity contribution in [2.75, 3.05) is 0 Å². The zero-order chi connectivity index (χ0) is 34.4. The van der Waals surface area contributed by atoms with Crippen LogP contribution in [0.15, 0.2) is 94.4 Å². The molecule has 3 atom stereocenters. The lowest BCUT2D eigenvalue weighted by molar-refractivity contribution is 0.0877. The topological polar surface area (TPSA) is 172 Å². The number of allylic oxidation sites excluding steroid dienone is 4. The van der Waals surface area contributed by atoms with Crippen LogP contribution in [-0.4, -0.2) is 41.5 Å². The Hall–Kier alpha value is -5.83. The van der Waals surface area contributed by atoms with Crippen LogP contribution in [0.2, 0.25) is 0 Å². The van der Waals surface area contributed by atoms with Gasteiger partial charge in [0.1, 0.15) is 51.6 Å². The van der Waals surface area contributed by atoms with Crippen LogP contribution in [0.1, 0.15) is 66.1 Å². The van der Waals surface area contributed by atoms with E-state index < -0.39 is 23.5 Å². The molecule has 9 heteroatoms. The van der Waals surface area contributed by atoms with E-state index in [0.29, 0.717) is 39.8 Å². The minimum absolute atomic E-state index is 0.00830. The van der Waals surface area contributed by atoms with Crippen molar-refractivity contribution in [2.24, 2.45) is 5.92 Å². The van der Waals surface area contributed by atoms with Crippen molar-refractivity contribution in [1.82, 2.24) is 0 Å². The van der Waals surface area contributed by atoms with E-state index >= 15 is 0 Å². The van der Waals surface area contributed by atoms with Gasteiger partial charge in [-0.05, 0) is 81.6 Å². The predicted octanol–water partition coefficient (Wildman–Crippen LogP) is 8.26. The highest BCUT2D eigenvalue weighted by Crippen LogP contribution is 2.52. The molecule has 0 bridgehead atoms. The molecule has 1 heterocycles. The second-order valence-electron chi connectivity index (χ2n) is 12.7. The van der Waals surface area contributed by atoms with Crippen molar-refractivity contribution < 1.29 is 45.0 Å². The number of phenols is 7. The number of ketones is 1. The minimum Gasteiger partial charge on any atom is -0.508 e. The molecule has 0 unspecified atom stereocenters. The van der Waals surface area contributed by atoms with Gasteiger partial charge in [0, 0.05) is 58.0 Å². The van der Waals surface area contributed by atoms with E-state index in [2.05, 4.69) is 0 Å². The van der Waals surface area contributed by atoms with Crippen LogP contribution < -0.4 is 0 Å². The number of furan rings is 1. The van der Waals surface area contributed by atoms with Gasteiger partial charge in [0.25, 0.3) is 0 Å². The first-order valence-corrected chi connectivity index (χ1v) is 15.5. The van der Waals surface area contributed by atoms with Crippen molar-refractivity contribution in [3.05, 3.63) is 112 Å². The summed E-state index contributed by atoms with van der Waals surface area (Å²) in [6.07, 6.45) is 4.30. The van der Waals surface area contributed by atoms with Gasteiger partial charge < -0.3 is 40.2 Å². The van der Waals surface area contributed by atoms with Gasteiger partial charge in [-0.15, -0.1) is 0 Å². The highest BCUT2D eigenvalue weighted by Gasteiger charge is 2.42. The van der Waals surface area contributed by atoms with Crippen LogP contribution >= 0.6 is 0 Å². The molecule has 1 aromatic heterocycles. The monoisotopic (exact) mass is 648 g/mol. The summed E-state index contributed by atoms with van der Waals surface area (Å²) in [5.74, 6) is -3.73. The zero-order valence-electron chi connectivity index (χ0n) is 26.6. The summed E-state index contributed by atoms with van der Waals surface area (Å²) < 4.78 is 5.97. The molecule has 48 heavy (non-hydrogen) atoms. The SMILES string of the molecule is CC(C)=CCc1c(O)ccc(C(=O)[C@H]2[C@@H](c3cc4cc(-c5cc(O)cc(O)c5)oc4cc3O)C=C(C)C[C@@H]2c2ccc(O)cc2O)c1O. The molecule has 7 N–H and O–H groups in total. The summed E-state index contributed by atoms with van der Waals surface area (Å²) in [6.45, 7) is 5.67. The van der Waals surface area contributed by atoms with E-state index in [1.807, 2.05) is 32.9 Å². The Balaban J connectivity index is 1.52. The minimum atomic E-state index is -0.950. The summed E-state index contributed by atoms with van der Waals surface area (Å²) in [4.78, 5) is 14.7. The van der Waals surface area contributed by atoms with Crippen LogP contribution in [0.25, 0.3) is 22.3 Å². The molecule has 0 radical (unpaired) electrons. The lowest BCUT2D eigenvalue weighted by Gasteiger charge is -2.37. The lowest BCUT2D eigenvalue weighted by atomic mass is 9.65. The number of phenolic OH excluding ortho intramolecular Hbond substituents is 7. The number of Topliss-reactive ketones (excluding diaryl/α,β-unsaturated/α-hetero) is 1. The summed E-state index contributed by atoms with van der Waals surface area (Å²) in [6, 6.07) is 15.9. The predicted molar refractivity (Wildman–Crippen MR) is 181 cm³/mol. The number of fused-ring (bicyclic) bond motifs is 1. The number of hydrogen-bond acceptors (Lipinski definition) is 9. The third-order valence-corrected chi connectivity index (χ3v) is 8.99. The molecule has 0 saturated heterocycles. The number of rotatable bonds is 7. The second-order valence-corrected chi connectivity index (χ2v) is 12.7. The molecular weight excluding hydrogens is 612 g/mol. The van der Waals surface area contributed by atoms with Crippen LogP contribution in [-0.2, 0) is 6.42 Å². The third kappa shape index (κ3) is 6.02. The third-order valence-electron chi connectivity index (χ3n) is 8.99. The van der Waals surface area contributed by atoms with Crippen LogP contribution in [0, 0.1) is 5.92 Å². The van der Waals surface area contributed by atoms with Gasteiger partial charge in [-0.1, -0.05) is 29.4 Å². The van der Waals surface area contributed by atoms with Gasteiger partial charge in [-0.25, -0.2) is 0 Å². The molecule has 0 fully saturated rings. The van der Waals surface area contributed by atoms with Gasteiger partial charge in [0.05, 0.1) is 5.56 Å². The van der Waals surface area contributed by atoms with E-state index in [4.69, 9.17) is 4.42 Å². The molecule has 9 nitrogen and oxygen atoms in total. The van der Waals surface area contributed by atoms with Gasteiger partial charge in [0.15, 0.2) is 5.78 Å². The summed E-state index contributed by atoms with van der Waals surface area (Å²) in [5, 5.41) is 75.0. The molecule has 4 aromatic carbocycles. The van der Waals surface area contributed by atoms with E-state index in [-0.39, 0.29) is 57.8 Å². The maximum Gasteiger partial charge on any atom is 0.171 e. The van der Waals surface area contributed by atoms with Crippen molar-refractivity contribution >= 4 is 16.8 Å². The largest absolute Gasteiger partial charge is 0.508 e. The highest BCUT2D eigenvalue weighted by molar-refractivity contribution is 6.02. The molecule has 1 aliphatic carbocycles. The van der Waals surface area contributed by atoms with Crippen molar-refractivity contribution in [2.45, 2.75) is 45.4 Å². The first-order chi connectivity index (χ1) is 22.8. The average molecular weight is 649 g/mol. The van der Waals surface area contributed by atoms with E-state index in [0.717, 1.165) is 11.1 Å². The standard InChI is InChI=1S/C39H36O9/c1-19(2)4-6-27-32(43)9-8-28(38(27)46)39(47)37-30(26-7-5-23(40)17-33(26)44)10-20(3)11-31(37)29-14-22-15-35(48-36(22)18-34(29)45)21-12-24(41)16-25(42)13-21/h4-5,7-9,11-18,30-31,37,40-46H,6,10H2,1-3H3/t30-,31-,37-/m1/s1. The molecule has 0 amide bonds. The fraction of sp³-hybridized carbons (Fsp3) is 0.205.